The molecule has 0 unspecified atom stereocenters. The lowest BCUT2D eigenvalue weighted by atomic mass is 9.88. The molecule has 38 heavy (non-hydrogen) atoms. The number of aromatic carboxylic acids is 1. The molecule has 1 N–H and O–H groups in total. The Bertz CT molecular complexity index is 1430. The summed E-state index contributed by atoms with van der Waals surface area (Å²) >= 11 is 7.44. The SMILES string of the molecule is O=C(O)c1sc2ccc(Cl)cc2c1C1CCN(S(=O)(=O)C2CCN(C(=O)OCc3ccccc3)CC2)CC1. The molecule has 1 amide bonds. The zero-order valence-corrected chi connectivity index (χ0v) is 23.1. The highest BCUT2D eigenvalue weighted by Crippen LogP contribution is 2.42. The first-order valence-corrected chi connectivity index (χ1v) is 15.3. The smallest absolute Gasteiger partial charge is 0.410 e. The van der Waals surface area contributed by atoms with Crippen LogP contribution in [0.25, 0.3) is 10.1 Å². The molecule has 2 aliphatic heterocycles. The Balaban J connectivity index is 1.19. The van der Waals surface area contributed by atoms with Crippen molar-refractivity contribution in [2.45, 2.75) is 43.5 Å². The van der Waals surface area contributed by atoms with E-state index >= 15 is 0 Å². The fraction of sp³-hybridized carbons (Fsp3) is 0.407. The number of carbonyl (C=O) groups is 2. The van der Waals surface area contributed by atoms with Crippen LogP contribution in [0.5, 0.6) is 0 Å². The molecule has 0 radical (unpaired) electrons. The molecule has 202 valence electrons. The van der Waals surface area contributed by atoms with E-state index in [1.54, 1.807) is 21.3 Å². The Kier molecular flexibility index (Phi) is 7.95. The van der Waals surface area contributed by atoms with Crippen LogP contribution in [-0.4, -0.2) is 66.2 Å². The molecular weight excluding hydrogens is 548 g/mol. The van der Waals surface area contributed by atoms with Crippen molar-refractivity contribution >= 4 is 55.1 Å². The van der Waals surface area contributed by atoms with Crippen molar-refractivity contribution in [2.24, 2.45) is 0 Å². The number of ether oxygens (including phenoxy) is 1. The number of carboxylic acids is 1. The zero-order chi connectivity index (χ0) is 26.9. The van der Waals surface area contributed by atoms with E-state index in [9.17, 15) is 23.1 Å². The Hall–Kier alpha value is -2.66. The highest BCUT2D eigenvalue weighted by molar-refractivity contribution is 7.89. The fourth-order valence-electron chi connectivity index (χ4n) is 5.41. The summed E-state index contributed by atoms with van der Waals surface area (Å²) in [6.07, 6.45) is 1.38. The normalized spacial score (nSPS) is 18.1. The lowest BCUT2D eigenvalue weighted by Crippen LogP contribution is -2.48. The maximum Gasteiger partial charge on any atom is 0.410 e. The predicted molar refractivity (Wildman–Crippen MR) is 147 cm³/mol. The van der Waals surface area contributed by atoms with Crippen LogP contribution in [0.1, 0.15) is 52.4 Å². The van der Waals surface area contributed by atoms with Gasteiger partial charge in [-0.05, 0) is 66.3 Å². The van der Waals surface area contributed by atoms with Crippen LogP contribution in [0.3, 0.4) is 0 Å². The van der Waals surface area contributed by atoms with Crippen molar-refractivity contribution in [1.29, 1.82) is 0 Å². The van der Waals surface area contributed by atoms with Crippen molar-refractivity contribution in [3.8, 4) is 0 Å². The molecule has 0 saturated carbocycles. The van der Waals surface area contributed by atoms with Gasteiger partial charge >= 0.3 is 12.1 Å². The Morgan fingerprint density at radius 2 is 1.68 bits per heavy atom. The maximum absolute atomic E-state index is 13.4. The minimum absolute atomic E-state index is 0.0546. The van der Waals surface area contributed by atoms with Crippen LogP contribution in [0.2, 0.25) is 5.02 Å². The van der Waals surface area contributed by atoms with Crippen LogP contribution in [-0.2, 0) is 21.4 Å². The number of benzene rings is 2. The molecular formula is C27H29ClN2O6S2. The van der Waals surface area contributed by atoms with Crippen LogP contribution in [0.4, 0.5) is 4.79 Å². The Labute approximate surface area is 230 Å². The number of likely N-dealkylation sites (tertiary alicyclic amines) is 1. The summed E-state index contributed by atoms with van der Waals surface area (Å²) in [4.78, 5) is 26.3. The first-order valence-electron chi connectivity index (χ1n) is 12.6. The number of carbonyl (C=O) groups excluding carboxylic acids is 1. The number of sulfonamides is 1. The van der Waals surface area contributed by atoms with Gasteiger partial charge in [0, 0.05) is 35.9 Å². The topological polar surface area (TPSA) is 104 Å². The first-order chi connectivity index (χ1) is 18.2. The summed E-state index contributed by atoms with van der Waals surface area (Å²) in [5, 5.41) is 10.6. The number of nitrogens with zero attached hydrogens (tertiary/aromatic N) is 2. The van der Waals surface area contributed by atoms with Gasteiger partial charge in [0.25, 0.3) is 0 Å². The van der Waals surface area contributed by atoms with Gasteiger partial charge in [0.05, 0.1) is 5.25 Å². The number of halogens is 1. The third-order valence-corrected chi connectivity index (χ3v) is 11.2. The lowest BCUT2D eigenvalue weighted by Gasteiger charge is -2.37. The number of thiophene rings is 1. The Morgan fingerprint density at radius 1 is 1.00 bits per heavy atom. The molecule has 8 nitrogen and oxygen atoms in total. The second-order valence-electron chi connectivity index (χ2n) is 9.74. The van der Waals surface area contributed by atoms with Crippen molar-refractivity contribution in [1.82, 2.24) is 9.21 Å². The number of rotatable bonds is 6. The third kappa shape index (κ3) is 5.54. The summed E-state index contributed by atoms with van der Waals surface area (Å²) < 4.78 is 34.7. The predicted octanol–water partition coefficient (Wildman–Crippen LogP) is 5.56. The van der Waals surface area contributed by atoms with Gasteiger partial charge in [-0.3, -0.25) is 0 Å². The summed E-state index contributed by atoms with van der Waals surface area (Å²) in [6, 6.07) is 14.8. The van der Waals surface area contributed by atoms with Gasteiger partial charge in [-0.15, -0.1) is 11.3 Å². The van der Waals surface area contributed by atoms with Gasteiger partial charge in [-0.2, -0.15) is 0 Å². The molecule has 0 atom stereocenters. The van der Waals surface area contributed by atoms with E-state index < -0.39 is 27.3 Å². The molecule has 1 aromatic heterocycles. The van der Waals surface area contributed by atoms with Gasteiger partial charge in [-0.1, -0.05) is 41.9 Å². The summed E-state index contributed by atoms with van der Waals surface area (Å²) in [5.74, 6) is -1.03. The number of carboxylic acid groups (broad SMARTS) is 1. The average Bonchev–Trinajstić information content (AvgIpc) is 3.31. The van der Waals surface area contributed by atoms with E-state index in [4.69, 9.17) is 16.3 Å². The van der Waals surface area contributed by atoms with Gasteiger partial charge in [-0.25, -0.2) is 22.3 Å². The summed E-state index contributed by atoms with van der Waals surface area (Å²) in [7, 11) is -3.54. The minimum Gasteiger partial charge on any atom is -0.477 e. The third-order valence-electron chi connectivity index (χ3n) is 7.43. The fourth-order valence-corrected chi connectivity index (χ4v) is 8.64. The highest BCUT2D eigenvalue weighted by atomic mass is 35.5. The highest BCUT2D eigenvalue weighted by Gasteiger charge is 2.38. The van der Waals surface area contributed by atoms with E-state index in [1.165, 1.54) is 11.3 Å². The summed E-state index contributed by atoms with van der Waals surface area (Å²) in [5.41, 5.74) is 1.66. The van der Waals surface area contributed by atoms with Gasteiger partial charge in [0.2, 0.25) is 10.0 Å². The average molecular weight is 577 g/mol. The van der Waals surface area contributed by atoms with Crippen molar-refractivity contribution in [3.05, 3.63) is 69.6 Å². The summed E-state index contributed by atoms with van der Waals surface area (Å²) in [6.45, 7) is 1.52. The van der Waals surface area contributed by atoms with E-state index in [1.807, 2.05) is 36.4 Å². The quantitative estimate of drug-likeness (QED) is 0.412. The standard InChI is InChI=1S/C27H29ClN2O6S2/c28-20-6-7-23-22(16-20)24(25(37-23)26(31)32)19-8-14-30(15-9-19)38(34,35)21-10-12-29(13-11-21)27(33)36-17-18-4-2-1-3-5-18/h1-7,16,19,21H,8-15,17H2,(H,31,32). The molecule has 2 aliphatic rings. The van der Waals surface area contributed by atoms with E-state index in [2.05, 4.69) is 0 Å². The van der Waals surface area contributed by atoms with Gasteiger partial charge < -0.3 is 14.7 Å². The molecule has 3 heterocycles. The van der Waals surface area contributed by atoms with Crippen LogP contribution in [0.15, 0.2) is 48.5 Å². The van der Waals surface area contributed by atoms with Crippen molar-refractivity contribution < 1.29 is 27.9 Å². The Morgan fingerprint density at radius 3 is 2.34 bits per heavy atom. The number of piperidine rings is 2. The number of hydrogen-bond acceptors (Lipinski definition) is 6. The first kappa shape index (κ1) is 26.9. The molecule has 0 bridgehead atoms. The second kappa shape index (κ2) is 11.2. The van der Waals surface area contributed by atoms with Gasteiger partial charge in [0.15, 0.2) is 0 Å². The zero-order valence-electron chi connectivity index (χ0n) is 20.7. The number of hydrogen-bond donors (Lipinski definition) is 1. The largest absolute Gasteiger partial charge is 0.477 e. The van der Waals surface area contributed by atoms with Crippen LogP contribution in [0, 0.1) is 0 Å². The molecule has 0 spiro atoms. The number of amides is 1. The monoisotopic (exact) mass is 576 g/mol. The maximum atomic E-state index is 13.4. The van der Waals surface area contributed by atoms with Gasteiger partial charge in [0.1, 0.15) is 11.5 Å². The molecule has 3 aromatic rings. The number of fused-ring (bicyclic) bond motifs is 1. The second-order valence-corrected chi connectivity index (χ2v) is 13.4. The van der Waals surface area contributed by atoms with Crippen molar-refractivity contribution in [2.75, 3.05) is 26.2 Å². The lowest BCUT2D eigenvalue weighted by molar-refractivity contribution is 0.0700. The van der Waals surface area contributed by atoms with Crippen molar-refractivity contribution in [3.63, 3.8) is 0 Å². The molecule has 2 saturated heterocycles. The van der Waals surface area contributed by atoms with E-state index in [0.717, 1.165) is 21.2 Å². The van der Waals surface area contributed by atoms with E-state index in [-0.39, 0.29) is 12.5 Å². The van der Waals surface area contributed by atoms with Crippen LogP contribution < -0.4 is 0 Å². The minimum atomic E-state index is -3.54. The molecule has 2 aromatic carbocycles. The van der Waals surface area contributed by atoms with E-state index in [0.29, 0.717) is 61.8 Å². The molecule has 11 heteroatoms. The molecule has 0 aliphatic carbocycles. The molecule has 5 rings (SSSR count). The van der Waals surface area contributed by atoms with Crippen LogP contribution >= 0.6 is 22.9 Å². The molecule has 2 fully saturated rings.